The molecule has 1 saturated heterocycles. The molecule has 3 heterocycles. The topological polar surface area (TPSA) is 44.8 Å². The van der Waals surface area contributed by atoms with E-state index >= 15 is 0 Å². The van der Waals surface area contributed by atoms with E-state index in [-0.39, 0.29) is 0 Å². The summed E-state index contributed by atoms with van der Waals surface area (Å²) in [5.74, 6) is 0.994. The zero-order valence-electron chi connectivity index (χ0n) is 16.3. The lowest BCUT2D eigenvalue weighted by Crippen LogP contribution is -2.18. The Labute approximate surface area is 175 Å². The van der Waals surface area contributed by atoms with Crippen molar-refractivity contribution < 1.29 is 0 Å². The van der Waals surface area contributed by atoms with Crippen LogP contribution in [0.15, 0.2) is 72.0 Å². The number of thioether (sulfide) groups is 1. The molecule has 0 amide bonds. The Morgan fingerprint density at radius 3 is 2.72 bits per heavy atom. The molecule has 1 aliphatic heterocycles. The van der Waals surface area contributed by atoms with Gasteiger partial charge in [0.15, 0.2) is 0 Å². The molecule has 4 nitrogen and oxygen atoms in total. The average molecular weight is 401 g/mol. The average Bonchev–Trinajstić information content (AvgIpc) is 3.44. The highest BCUT2D eigenvalue weighted by Gasteiger charge is 2.18. The van der Waals surface area contributed by atoms with Gasteiger partial charge in [0, 0.05) is 76.6 Å². The molecule has 2 aromatic carbocycles. The molecular weight excluding hydrogens is 376 g/mol. The number of aryl methyl sites for hydroxylation is 1. The number of hydrogen-bond donors (Lipinski definition) is 1. The molecule has 1 aliphatic rings. The normalized spacial score (nSPS) is 14.0. The maximum absolute atomic E-state index is 4.38. The van der Waals surface area contributed by atoms with Crippen LogP contribution in [-0.2, 0) is 6.42 Å². The van der Waals surface area contributed by atoms with Gasteiger partial charge in [-0.3, -0.25) is 9.97 Å². The maximum Gasteiger partial charge on any atom is 0.0595 e. The smallest absolute Gasteiger partial charge is 0.0595 e. The van der Waals surface area contributed by atoms with Gasteiger partial charge < -0.3 is 9.88 Å². The number of rotatable bonds is 6. The number of nitrogens with zero attached hydrogens (tertiary/aromatic N) is 3. The first-order valence-corrected chi connectivity index (χ1v) is 11.2. The van der Waals surface area contributed by atoms with E-state index in [1.165, 1.54) is 45.6 Å². The monoisotopic (exact) mass is 400 g/mol. The summed E-state index contributed by atoms with van der Waals surface area (Å²) < 4.78 is 0. The van der Waals surface area contributed by atoms with Crippen molar-refractivity contribution in [1.82, 2.24) is 15.0 Å². The lowest BCUT2D eigenvalue weighted by Gasteiger charge is -2.22. The van der Waals surface area contributed by atoms with Crippen LogP contribution in [0.4, 0.5) is 5.69 Å². The van der Waals surface area contributed by atoms with Crippen LogP contribution in [0.2, 0.25) is 0 Å². The van der Waals surface area contributed by atoms with Gasteiger partial charge in [-0.1, -0.05) is 18.2 Å². The molecule has 0 radical (unpaired) electrons. The second kappa shape index (κ2) is 8.29. The van der Waals surface area contributed by atoms with Crippen molar-refractivity contribution in [2.24, 2.45) is 0 Å². The van der Waals surface area contributed by atoms with E-state index in [1.807, 2.05) is 18.0 Å². The summed E-state index contributed by atoms with van der Waals surface area (Å²) >= 11 is 1.88. The van der Waals surface area contributed by atoms with Crippen LogP contribution in [-0.4, -0.2) is 33.8 Å². The van der Waals surface area contributed by atoms with E-state index in [9.17, 15) is 0 Å². The van der Waals surface area contributed by atoms with Gasteiger partial charge >= 0.3 is 0 Å². The van der Waals surface area contributed by atoms with Crippen molar-refractivity contribution in [1.29, 1.82) is 0 Å². The number of benzene rings is 2. The van der Waals surface area contributed by atoms with E-state index in [1.54, 1.807) is 12.4 Å². The number of H-pyrrole nitrogens is 1. The molecule has 0 unspecified atom stereocenters. The third kappa shape index (κ3) is 4.01. The van der Waals surface area contributed by atoms with Gasteiger partial charge in [0.05, 0.1) is 5.69 Å². The molecule has 5 heteroatoms. The van der Waals surface area contributed by atoms with Gasteiger partial charge in [-0.05, 0) is 43.2 Å². The molecule has 0 bridgehead atoms. The van der Waals surface area contributed by atoms with Crippen LogP contribution < -0.4 is 4.90 Å². The molecule has 1 N–H and O–H groups in total. The summed E-state index contributed by atoms with van der Waals surface area (Å²) in [7, 11) is 0. The number of nitrogens with one attached hydrogen (secondary N) is 1. The third-order valence-electron chi connectivity index (χ3n) is 5.48. The Morgan fingerprint density at radius 2 is 1.90 bits per heavy atom. The minimum absolute atomic E-state index is 0.925. The summed E-state index contributed by atoms with van der Waals surface area (Å²) in [6.07, 6.45) is 8.82. The second-order valence-corrected chi connectivity index (χ2v) is 8.61. The fourth-order valence-corrected chi connectivity index (χ4v) is 4.92. The SMILES string of the molecule is c1ccc2[nH]c(-c3cc(SCCc4cnccn4)ccc3N3CCCC3)cc2c1. The quantitative estimate of drug-likeness (QED) is 0.430. The summed E-state index contributed by atoms with van der Waals surface area (Å²) in [5, 5.41) is 1.26. The van der Waals surface area contributed by atoms with Gasteiger partial charge in [-0.2, -0.15) is 0 Å². The van der Waals surface area contributed by atoms with Crippen LogP contribution in [0.5, 0.6) is 0 Å². The van der Waals surface area contributed by atoms with Gasteiger partial charge in [0.2, 0.25) is 0 Å². The zero-order chi connectivity index (χ0) is 19.5. The zero-order valence-corrected chi connectivity index (χ0v) is 17.2. The first kappa shape index (κ1) is 18.3. The minimum atomic E-state index is 0.925. The van der Waals surface area contributed by atoms with Crippen molar-refractivity contribution >= 4 is 28.4 Å². The van der Waals surface area contributed by atoms with Gasteiger partial charge in [0.1, 0.15) is 0 Å². The standard InChI is InChI=1S/C24H24N4S/c1-2-6-22-18(5-1)15-23(27-22)21-16-20(7-8-24(21)28-12-3-4-13-28)29-14-9-19-17-25-10-11-26-19/h1-2,5-8,10-11,15-17,27H,3-4,9,12-14H2. The Balaban J connectivity index is 1.44. The molecule has 5 rings (SSSR count). The molecule has 0 aliphatic carbocycles. The molecule has 1 fully saturated rings. The second-order valence-electron chi connectivity index (χ2n) is 7.44. The summed E-state index contributed by atoms with van der Waals surface area (Å²) in [6.45, 7) is 2.29. The lowest BCUT2D eigenvalue weighted by atomic mass is 10.1. The molecule has 4 aromatic rings. The number of fused-ring (bicyclic) bond motifs is 1. The number of anilines is 1. The predicted octanol–water partition coefficient (Wildman–Crippen LogP) is 5.56. The Hall–Kier alpha value is -2.79. The predicted molar refractivity (Wildman–Crippen MR) is 122 cm³/mol. The number of aromatic amines is 1. The molecule has 29 heavy (non-hydrogen) atoms. The highest BCUT2D eigenvalue weighted by atomic mass is 32.2. The highest BCUT2D eigenvalue weighted by molar-refractivity contribution is 7.99. The number of para-hydroxylation sites is 1. The van der Waals surface area contributed by atoms with Gasteiger partial charge in [-0.25, -0.2) is 0 Å². The van der Waals surface area contributed by atoms with E-state index in [0.29, 0.717) is 0 Å². The van der Waals surface area contributed by atoms with Crippen LogP contribution in [0.3, 0.4) is 0 Å². The minimum Gasteiger partial charge on any atom is -0.371 e. The van der Waals surface area contributed by atoms with Gasteiger partial charge in [-0.15, -0.1) is 11.8 Å². The van der Waals surface area contributed by atoms with Crippen molar-refractivity contribution in [3.8, 4) is 11.3 Å². The number of aromatic nitrogens is 3. The van der Waals surface area contributed by atoms with E-state index in [0.717, 1.165) is 31.0 Å². The van der Waals surface area contributed by atoms with Crippen molar-refractivity contribution in [2.45, 2.75) is 24.2 Å². The van der Waals surface area contributed by atoms with Crippen LogP contribution in [0, 0.1) is 0 Å². The Kier molecular flexibility index (Phi) is 5.22. The molecule has 146 valence electrons. The van der Waals surface area contributed by atoms with Crippen molar-refractivity contribution in [3.63, 3.8) is 0 Å². The summed E-state index contributed by atoms with van der Waals surface area (Å²) in [5.41, 5.74) is 6.07. The molecule has 0 spiro atoms. The maximum atomic E-state index is 4.38. The largest absolute Gasteiger partial charge is 0.371 e. The van der Waals surface area contributed by atoms with Crippen molar-refractivity contribution in [2.75, 3.05) is 23.7 Å². The molecule has 2 aromatic heterocycles. The first-order chi connectivity index (χ1) is 14.4. The van der Waals surface area contributed by atoms with E-state index in [4.69, 9.17) is 0 Å². The van der Waals surface area contributed by atoms with Crippen LogP contribution in [0.1, 0.15) is 18.5 Å². The fourth-order valence-electron chi connectivity index (χ4n) is 4.01. The molecular formula is C24H24N4S. The van der Waals surface area contributed by atoms with Crippen LogP contribution >= 0.6 is 11.8 Å². The summed E-state index contributed by atoms with van der Waals surface area (Å²) in [6, 6.07) is 17.7. The highest BCUT2D eigenvalue weighted by Crippen LogP contribution is 2.37. The third-order valence-corrected chi connectivity index (χ3v) is 6.47. The number of hydrogen-bond acceptors (Lipinski definition) is 4. The van der Waals surface area contributed by atoms with E-state index < -0.39 is 0 Å². The van der Waals surface area contributed by atoms with E-state index in [2.05, 4.69) is 68.4 Å². The molecule has 0 saturated carbocycles. The lowest BCUT2D eigenvalue weighted by molar-refractivity contribution is 0.949. The fraction of sp³-hybridized carbons (Fsp3) is 0.250. The van der Waals surface area contributed by atoms with Crippen LogP contribution in [0.25, 0.3) is 22.2 Å². The first-order valence-electron chi connectivity index (χ1n) is 10.2. The Bertz CT molecular complexity index is 1070. The van der Waals surface area contributed by atoms with Gasteiger partial charge in [0.25, 0.3) is 0 Å². The summed E-state index contributed by atoms with van der Waals surface area (Å²) in [4.78, 5) is 16.0. The molecule has 0 atom stereocenters. The Morgan fingerprint density at radius 1 is 1.00 bits per heavy atom. The van der Waals surface area contributed by atoms with Crippen molar-refractivity contribution in [3.05, 3.63) is 72.8 Å².